The molecule has 0 aliphatic heterocycles. The van der Waals surface area contributed by atoms with Gasteiger partial charge in [0.15, 0.2) is 6.10 Å². The molecule has 0 saturated carbocycles. The third-order valence-corrected chi connectivity index (χ3v) is 2.18. The number of hydroxylamine groups is 1. The van der Waals surface area contributed by atoms with Crippen LogP contribution in [-0.4, -0.2) is 24.5 Å². The van der Waals surface area contributed by atoms with Gasteiger partial charge in [-0.2, -0.15) is 0 Å². The number of hydrogen-bond acceptors (Lipinski definition) is 5. The summed E-state index contributed by atoms with van der Waals surface area (Å²) in [5.41, 5.74) is 2.65. The van der Waals surface area contributed by atoms with Crippen LogP contribution in [0, 0.1) is 10.1 Å². The standard InChI is InChI=1S/C11H14N2O5/c1-3-18-10(11(14)12-17-2)8-4-6-9(7-5-8)13(15)16/h4-7,10H,3H2,1-2H3,(H,12,14). The van der Waals surface area contributed by atoms with Crippen LogP contribution in [0.4, 0.5) is 5.69 Å². The summed E-state index contributed by atoms with van der Waals surface area (Å²) in [6.07, 6.45) is -0.851. The molecule has 0 radical (unpaired) electrons. The number of ether oxygens (including phenoxy) is 1. The van der Waals surface area contributed by atoms with E-state index >= 15 is 0 Å². The highest BCUT2D eigenvalue weighted by molar-refractivity contribution is 5.81. The van der Waals surface area contributed by atoms with Crippen LogP contribution >= 0.6 is 0 Å². The minimum atomic E-state index is -0.851. The Morgan fingerprint density at radius 3 is 2.50 bits per heavy atom. The first kappa shape index (κ1) is 14.1. The van der Waals surface area contributed by atoms with Gasteiger partial charge in [-0.3, -0.25) is 19.7 Å². The number of carbonyl (C=O) groups is 1. The molecule has 0 aliphatic carbocycles. The fourth-order valence-electron chi connectivity index (χ4n) is 1.41. The van der Waals surface area contributed by atoms with Gasteiger partial charge in [0.05, 0.1) is 12.0 Å². The van der Waals surface area contributed by atoms with E-state index in [1.165, 1.54) is 31.4 Å². The van der Waals surface area contributed by atoms with Crippen LogP contribution in [0.1, 0.15) is 18.6 Å². The molecular formula is C11H14N2O5. The van der Waals surface area contributed by atoms with Gasteiger partial charge in [-0.15, -0.1) is 0 Å². The van der Waals surface area contributed by atoms with Crippen molar-refractivity contribution in [2.24, 2.45) is 0 Å². The molecule has 1 rings (SSSR count). The van der Waals surface area contributed by atoms with Gasteiger partial charge < -0.3 is 4.74 Å². The van der Waals surface area contributed by atoms with E-state index in [0.717, 1.165) is 0 Å². The monoisotopic (exact) mass is 254 g/mol. The van der Waals surface area contributed by atoms with E-state index in [4.69, 9.17) is 4.74 Å². The second-order valence-corrected chi connectivity index (χ2v) is 3.35. The highest BCUT2D eigenvalue weighted by Crippen LogP contribution is 2.21. The van der Waals surface area contributed by atoms with Gasteiger partial charge in [0.1, 0.15) is 0 Å². The molecule has 1 N–H and O–H groups in total. The van der Waals surface area contributed by atoms with Crippen molar-refractivity contribution in [1.29, 1.82) is 0 Å². The summed E-state index contributed by atoms with van der Waals surface area (Å²) in [7, 11) is 1.32. The second kappa shape index (κ2) is 6.67. The van der Waals surface area contributed by atoms with Gasteiger partial charge in [-0.25, -0.2) is 5.48 Å². The van der Waals surface area contributed by atoms with Crippen LogP contribution in [0.25, 0.3) is 0 Å². The average Bonchev–Trinajstić information content (AvgIpc) is 2.36. The zero-order chi connectivity index (χ0) is 13.5. The number of amides is 1. The predicted octanol–water partition coefficient (Wildman–Crippen LogP) is 1.35. The fraction of sp³-hybridized carbons (Fsp3) is 0.364. The molecule has 0 heterocycles. The van der Waals surface area contributed by atoms with Crippen LogP contribution in [0.5, 0.6) is 0 Å². The normalized spacial score (nSPS) is 11.9. The molecule has 98 valence electrons. The Balaban J connectivity index is 2.91. The maximum absolute atomic E-state index is 11.7. The van der Waals surface area contributed by atoms with Crippen molar-refractivity contribution in [3.8, 4) is 0 Å². The summed E-state index contributed by atoms with van der Waals surface area (Å²) in [4.78, 5) is 26.2. The Hall–Kier alpha value is -1.99. The van der Waals surface area contributed by atoms with Crippen molar-refractivity contribution in [3.63, 3.8) is 0 Å². The van der Waals surface area contributed by atoms with Gasteiger partial charge in [0.25, 0.3) is 11.6 Å². The average molecular weight is 254 g/mol. The fourth-order valence-corrected chi connectivity index (χ4v) is 1.41. The molecule has 0 saturated heterocycles. The first-order valence-corrected chi connectivity index (χ1v) is 5.29. The van der Waals surface area contributed by atoms with Crippen LogP contribution in [0.3, 0.4) is 0 Å². The zero-order valence-corrected chi connectivity index (χ0v) is 10.1. The van der Waals surface area contributed by atoms with Gasteiger partial charge in [-0.05, 0) is 24.6 Å². The van der Waals surface area contributed by atoms with Crippen molar-refractivity contribution in [3.05, 3.63) is 39.9 Å². The molecule has 1 aromatic rings. The van der Waals surface area contributed by atoms with Crippen molar-refractivity contribution in [2.75, 3.05) is 13.7 Å². The number of nitrogens with zero attached hydrogens (tertiary/aromatic N) is 1. The van der Waals surface area contributed by atoms with Crippen LogP contribution in [0.2, 0.25) is 0 Å². The number of benzene rings is 1. The second-order valence-electron chi connectivity index (χ2n) is 3.35. The lowest BCUT2D eigenvalue weighted by Crippen LogP contribution is -2.30. The molecule has 0 aliphatic rings. The van der Waals surface area contributed by atoms with Gasteiger partial charge >= 0.3 is 0 Å². The topological polar surface area (TPSA) is 90.7 Å². The summed E-state index contributed by atoms with van der Waals surface area (Å²) >= 11 is 0. The minimum absolute atomic E-state index is 0.0406. The highest BCUT2D eigenvalue weighted by Gasteiger charge is 2.21. The van der Waals surface area contributed by atoms with E-state index in [9.17, 15) is 14.9 Å². The van der Waals surface area contributed by atoms with E-state index in [-0.39, 0.29) is 5.69 Å². The number of nitro groups is 1. The molecule has 0 spiro atoms. The quantitative estimate of drug-likeness (QED) is 0.611. The van der Waals surface area contributed by atoms with E-state index in [2.05, 4.69) is 10.3 Å². The first-order chi connectivity index (χ1) is 8.60. The number of carbonyl (C=O) groups excluding carboxylic acids is 1. The van der Waals surface area contributed by atoms with Crippen molar-refractivity contribution >= 4 is 11.6 Å². The van der Waals surface area contributed by atoms with Crippen LogP contribution in [0.15, 0.2) is 24.3 Å². The molecule has 0 fully saturated rings. The predicted molar refractivity (Wildman–Crippen MR) is 62.6 cm³/mol. The summed E-state index contributed by atoms with van der Waals surface area (Å²) in [6, 6.07) is 5.60. The lowest BCUT2D eigenvalue weighted by atomic mass is 10.1. The lowest BCUT2D eigenvalue weighted by Gasteiger charge is -2.15. The molecular weight excluding hydrogens is 240 g/mol. The summed E-state index contributed by atoms with van der Waals surface area (Å²) in [5.74, 6) is -0.465. The largest absolute Gasteiger partial charge is 0.364 e. The van der Waals surface area contributed by atoms with E-state index in [1.54, 1.807) is 6.92 Å². The van der Waals surface area contributed by atoms with E-state index in [1.807, 2.05) is 0 Å². The Morgan fingerprint density at radius 2 is 2.06 bits per heavy atom. The zero-order valence-electron chi connectivity index (χ0n) is 10.1. The van der Waals surface area contributed by atoms with Crippen molar-refractivity contribution < 1.29 is 19.3 Å². The molecule has 0 aromatic heterocycles. The lowest BCUT2D eigenvalue weighted by molar-refractivity contribution is -0.384. The Kier molecular flexibility index (Phi) is 5.22. The molecule has 0 bridgehead atoms. The SMILES string of the molecule is CCOC(C(=O)NOC)c1ccc([N+](=O)[O-])cc1. The van der Waals surface area contributed by atoms with E-state index in [0.29, 0.717) is 12.2 Å². The minimum Gasteiger partial charge on any atom is -0.364 e. The van der Waals surface area contributed by atoms with Crippen molar-refractivity contribution in [2.45, 2.75) is 13.0 Å². The summed E-state index contributed by atoms with van der Waals surface area (Å²) in [5, 5.41) is 10.5. The number of non-ortho nitro benzene ring substituents is 1. The summed E-state index contributed by atoms with van der Waals surface area (Å²) < 4.78 is 5.28. The molecule has 7 heteroatoms. The Morgan fingerprint density at radius 1 is 1.44 bits per heavy atom. The molecule has 1 aromatic carbocycles. The van der Waals surface area contributed by atoms with Gasteiger partial charge in [0, 0.05) is 18.7 Å². The first-order valence-electron chi connectivity index (χ1n) is 5.29. The molecule has 7 nitrogen and oxygen atoms in total. The number of hydrogen-bond donors (Lipinski definition) is 1. The Bertz CT molecular complexity index is 418. The number of rotatable bonds is 6. The van der Waals surface area contributed by atoms with Gasteiger partial charge in [0.2, 0.25) is 0 Å². The molecule has 1 amide bonds. The maximum atomic E-state index is 11.7. The van der Waals surface area contributed by atoms with Crippen LogP contribution < -0.4 is 5.48 Å². The molecule has 1 unspecified atom stereocenters. The third-order valence-electron chi connectivity index (χ3n) is 2.18. The smallest absolute Gasteiger partial charge is 0.277 e. The third kappa shape index (κ3) is 3.51. The molecule has 18 heavy (non-hydrogen) atoms. The summed E-state index contributed by atoms with van der Waals surface area (Å²) in [6.45, 7) is 2.08. The number of nitro benzene ring substituents is 1. The number of nitrogens with one attached hydrogen (secondary N) is 1. The van der Waals surface area contributed by atoms with Gasteiger partial charge in [-0.1, -0.05) is 0 Å². The maximum Gasteiger partial charge on any atom is 0.277 e. The highest BCUT2D eigenvalue weighted by atomic mass is 16.6. The molecule has 1 atom stereocenters. The van der Waals surface area contributed by atoms with Crippen molar-refractivity contribution in [1.82, 2.24) is 5.48 Å². The van der Waals surface area contributed by atoms with E-state index < -0.39 is 16.9 Å². The Labute approximate surface area is 104 Å². The van der Waals surface area contributed by atoms with Crippen LogP contribution in [-0.2, 0) is 14.4 Å².